The number of aromatic nitrogens is 4. The van der Waals surface area contributed by atoms with Gasteiger partial charge in [-0.05, 0) is 69.6 Å². The molecule has 51 heavy (non-hydrogen) atoms. The third kappa shape index (κ3) is 7.38. The molecule has 0 fully saturated rings. The zero-order chi connectivity index (χ0) is 36.0. The molecule has 10 nitrogen and oxygen atoms in total. The van der Waals surface area contributed by atoms with E-state index in [1.165, 1.54) is 6.33 Å². The first kappa shape index (κ1) is 35.0. The molecule has 4 aromatic carbocycles. The van der Waals surface area contributed by atoms with Crippen LogP contribution < -0.4 is 14.8 Å². The van der Waals surface area contributed by atoms with Gasteiger partial charge < -0.3 is 24.6 Å². The molecule has 6 aromatic rings. The molecule has 260 valence electrons. The number of hydrogen-bond donors (Lipinski definition) is 2. The maximum atomic E-state index is 13.2. The van der Waals surface area contributed by atoms with Crippen LogP contribution in [0, 0.1) is 0 Å². The number of fused-ring (bicyclic) bond motifs is 1. The summed E-state index contributed by atoms with van der Waals surface area (Å²) < 4.78 is 19.6. The van der Waals surface area contributed by atoms with Crippen molar-refractivity contribution >= 4 is 29.1 Å². The summed E-state index contributed by atoms with van der Waals surface area (Å²) in [6.07, 6.45) is 4.67. The van der Waals surface area contributed by atoms with Crippen molar-refractivity contribution < 1.29 is 24.1 Å². The number of imidazole rings is 1. The van der Waals surface area contributed by atoms with Crippen LogP contribution in [0.5, 0.6) is 11.5 Å². The van der Waals surface area contributed by atoms with Crippen LogP contribution >= 0.6 is 0 Å². The van der Waals surface area contributed by atoms with Crippen molar-refractivity contribution in [3.05, 3.63) is 149 Å². The largest absolute Gasteiger partial charge is 0.497 e. The van der Waals surface area contributed by atoms with Crippen LogP contribution in [-0.2, 0) is 15.8 Å². The second-order valence-electron chi connectivity index (χ2n) is 13.1. The second kappa shape index (κ2) is 15.0. The summed E-state index contributed by atoms with van der Waals surface area (Å²) in [4.78, 5) is 26.4. The summed E-state index contributed by atoms with van der Waals surface area (Å²) in [7, 11) is 3.26. The first-order valence-corrected chi connectivity index (χ1v) is 16.5. The van der Waals surface area contributed by atoms with Crippen LogP contribution in [0.1, 0.15) is 53.4 Å². The summed E-state index contributed by atoms with van der Waals surface area (Å²) in [5.74, 6) is 1.41. The van der Waals surface area contributed by atoms with E-state index in [4.69, 9.17) is 14.2 Å². The quantitative estimate of drug-likeness (QED) is 0.130. The van der Waals surface area contributed by atoms with Crippen molar-refractivity contribution in [2.45, 2.75) is 31.8 Å². The van der Waals surface area contributed by atoms with E-state index in [1.54, 1.807) is 43.4 Å². The molecule has 0 aliphatic rings. The maximum Gasteiger partial charge on any atom is 0.256 e. The molecule has 2 N–H and O–H groups in total. The molecule has 2 aromatic heterocycles. The summed E-state index contributed by atoms with van der Waals surface area (Å²) in [5, 5.41) is 13.5. The fourth-order valence-electron chi connectivity index (χ4n) is 5.93. The molecule has 2 heterocycles. The van der Waals surface area contributed by atoms with E-state index in [0.717, 1.165) is 33.8 Å². The number of nitrogens with one attached hydrogen (secondary N) is 1. The Morgan fingerprint density at radius 3 is 1.88 bits per heavy atom. The molecule has 0 saturated carbocycles. The smallest absolute Gasteiger partial charge is 0.256 e. The average Bonchev–Trinajstić information content (AvgIpc) is 3.58. The zero-order valence-electron chi connectivity index (χ0n) is 29.3. The molecule has 10 heteroatoms. The number of aliphatic hydroxyl groups excluding tert-OH is 1. The zero-order valence-corrected chi connectivity index (χ0v) is 29.3. The second-order valence-corrected chi connectivity index (χ2v) is 13.1. The van der Waals surface area contributed by atoms with Gasteiger partial charge in [0, 0.05) is 11.8 Å². The van der Waals surface area contributed by atoms with Crippen molar-refractivity contribution in [2.24, 2.45) is 0 Å². The summed E-state index contributed by atoms with van der Waals surface area (Å²) in [6, 6.07) is 33.0. The summed E-state index contributed by atoms with van der Waals surface area (Å²) >= 11 is 0. The van der Waals surface area contributed by atoms with Crippen LogP contribution in [0.2, 0.25) is 0 Å². The lowest BCUT2D eigenvalue weighted by Crippen LogP contribution is -2.34. The van der Waals surface area contributed by atoms with Gasteiger partial charge in [-0.3, -0.25) is 9.36 Å². The minimum atomic E-state index is -1.07. The van der Waals surface area contributed by atoms with E-state index in [9.17, 15) is 9.90 Å². The maximum absolute atomic E-state index is 13.2. The van der Waals surface area contributed by atoms with Gasteiger partial charge in [0.2, 0.25) is 0 Å². The normalized spacial score (nSPS) is 12.2. The first-order valence-electron chi connectivity index (χ1n) is 16.5. The number of carbonyl (C=O) groups excluding carboxylic acids is 1. The number of benzene rings is 4. The van der Waals surface area contributed by atoms with E-state index in [1.807, 2.05) is 91.0 Å². The minimum absolute atomic E-state index is 0.0267. The molecular formula is C41H41N5O5. The third-order valence-electron chi connectivity index (χ3n) is 8.78. The number of anilines is 1. The number of aliphatic hydroxyl groups is 1. The Morgan fingerprint density at radius 1 is 0.765 bits per heavy atom. The highest BCUT2D eigenvalue weighted by molar-refractivity contribution is 6.06. The van der Waals surface area contributed by atoms with Crippen molar-refractivity contribution in [3.8, 4) is 11.5 Å². The van der Waals surface area contributed by atoms with E-state index < -0.39 is 5.60 Å². The molecule has 0 radical (unpaired) electrons. The van der Waals surface area contributed by atoms with Crippen molar-refractivity contribution in [1.82, 2.24) is 19.5 Å². The van der Waals surface area contributed by atoms with Gasteiger partial charge in [-0.1, -0.05) is 87.5 Å². The number of amides is 1. The predicted octanol–water partition coefficient (Wildman–Crippen LogP) is 7.24. The van der Waals surface area contributed by atoms with Crippen LogP contribution in [0.25, 0.3) is 17.4 Å². The van der Waals surface area contributed by atoms with Crippen LogP contribution in [0.15, 0.2) is 121 Å². The molecular weight excluding hydrogens is 642 g/mol. The van der Waals surface area contributed by atoms with E-state index in [0.29, 0.717) is 22.3 Å². The number of hydrogen-bond acceptors (Lipinski definition) is 8. The van der Waals surface area contributed by atoms with Gasteiger partial charge in [-0.2, -0.15) is 0 Å². The van der Waals surface area contributed by atoms with Gasteiger partial charge in [0.1, 0.15) is 29.8 Å². The van der Waals surface area contributed by atoms with E-state index in [2.05, 4.69) is 41.0 Å². The van der Waals surface area contributed by atoms with Crippen molar-refractivity contribution in [2.75, 3.05) is 32.8 Å². The Hall–Kier alpha value is -5.84. The van der Waals surface area contributed by atoms with Gasteiger partial charge in [0.15, 0.2) is 17.0 Å². The fourth-order valence-corrected chi connectivity index (χ4v) is 5.93. The van der Waals surface area contributed by atoms with Crippen LogP contribution in [-0.4, -0.2) is 58.0 Å². The van der Waals surface area contributed by atoms with Gasteiger partial charge in [0.05, 0.1) is 27.4 Å². The molecule has 0 aliphatic heterocycles. The molecule has 6 rings (SSSR count). The molecule has 0 spiro atoms. The Bertz CT molecular complexity index is 2070. The van der Waals surface area contributed by atoms with Gasteiger partial charge in [0.25, 0.3) is 5.91 Å². The molecule has 1 amide bonds. The first-order chi connectivity index (χ1) is 24.7. The van der Waals surface area contributed by atoms with Gasteiger partial charge in [-0.15, -0.1) is 0 Å². The Morgan fingerprint density at radius 2 is 1.33 bits per heavy atom. The van der Waals surface area contributed by atoms with Crippen molar-refractivity contribution in [3.63, 3.8) is 0 Å². The SMILES string of the molecule is COc1ccc(C(OC/C(=C/n2cnc3c(NC(=O)c4ccc(C(C)(C)C)cc4)ncnc32)CO)(c2ccccc2)c2ccc(OC)cc2)cc1. The predicted molar refractivity (Wildman–Crippen MR) is 198 cm³/mol. The number of ether oxygens (including phenoxy) is 3. The fraction of sp³-hybridized carbons (Fsp3) is 0.220. The monoisotopic (exact) mass is 683 g/mol. The Kier molecular flexibility index (Phi) is 10.3. The highest BCUT2D eigenvalue weighted by Gasteiger charge is 2.38. The number of rotatable bonds is 12. The molecule has 0 atom stereocenters. The van der Waals surface area contributed by atoms with Gasteiger partial charge in [-0.25, -0.2) is 15.0 Å². The van der Waals surface area contributed by atoms with Crippen LogP contribution in [0.3, 0.4) is 0 Å². The number of methoxy groups -OCH3 is 2. The topological polar surface area (TPSA) is 121 Å². The third-order valence-corrected chi connectivity index (χ3v) is 8.78. The lowest BCUT2D eigenvalue weighted by molar-refractivity contribution is 0.0246. The summed E-state index contributed by atoms with van der Waals surface area (Å²) in [6.45, 7) is 6.12. The van der Waals surface area contributed by atoms with E-state index in [-0.39, 0.29) is 30.4 Å². The van der Waals surface area contributed by atoms with E-state index >= 15 is 0 Å². The lowest BCUT2D eigenvalue weighted by atomic mass is 9.80. The molecule has 0 aliphatic carbocycles. The van der Waals surface area contributed by atoms with Gasteiger partial charge >= 0.3 is 0 Å². The summed E-state index contributed by atoms with van der Waals surface area (Å²) in [5.41, 5.74) is 4.58. The standard InChI is InChI=1S/C41H41N5O5/c1-40(2,3)30-13-11-29(12-14-30)39(48)45-37-36-38(43-26-42-37)46(27-44-36)23-28(24-47)25-51-41(31-9-7-6-8-10-31,32-15-19-34(49-4)20-16-32)33-17-21-35(50-5)22-18-33/h6-23,26-27,47H,24-25H2,1-5H3,(H,42,43,45,48)/b28-23+. The number of carbonyl (C=O) groups is 1. The molecule has 0 unspecified atom stereocenters. The average molecular weight is 684 g/mol. The van der Waals surface area contributed by atoms with Crippen molar-refractivity contribution in [1.29, 1.82) is 0 Å². The van der Waals surface area contributed by atoms with Crippen LogP contribution in [0.4, 0.5) is 5.82 Å². The highest BCUT2D eigenvalue weighted by atomic mass is 16.5. The minimum Gasteiger partial charge on any atom is -0.497 e. The molecule has 0 bridgehead atoms. The Balaban J connectivity index is 1.33. The molecule has 0 saturated heterocycles. The number of nitrogens with zero attached hydrogens (tertiary/aromatic N) is 4. The highest BCUT2D eigenvalue weighted by Crippen LogP contribution is 2.42. The Labute approximate surface area is 297 Å². The lowest BCUT2D eigenvalue weighted by Gasteiger charge is -2.36.